The lowest BCUT2D eigenvalue weighted by molar-refractivity contribution is 1.43. The van der Waals surface area contributed by atoms with Crippen molar-refractivity contribution in [3.05, 3.63) is 0 Å². The van der Waals surface area contributed by atoms with Crippen LogP contribution in [-0.2, 0) is 0 Å². The zero-order chi connectivity index (χ0) is 4.41. The Bertz CT molecular complexity index is 73.2. The fourth-order valence-electron chi connectivity index (χ4n) is 0.283. The molecule has 1 unspecified atom stereocenters. The molecule has 1 aliphatic rings. The van der Waals surface area contributed by atoms with E-state index < -0.39 is 0 Å². The van der Waals surface area contributed by atoms with Crippen LogP contribution in [0, 0.1) is 0 Å². The van der Waals surface area contributed by atoms with Crippen molar-refractivity contribution < 1.29 is 0 Å². The normalized spacial score (nSPS) is 31.8. The number of rotatable bonds is 0. The van der Waals surface area contributed by atoms with Gasteiger partial charge in [0, 0.05) is 6.21 Å². The fourth-order valence-corrected chi connectivity index (χ4v) is 1.02. The Morgan fingerprint density at radius 1 is 2.00 bits per heavy atom. The summed E-state index contributed by atoms with van der Waals surface area (Å²) in [6.45, 7) is 0. The summed E-state index contributed by atoms with van der Waals surface area (Å²) in [6, 6.07) is 0. The first-order valence-corrected chi connectivity index (χ1v) is 3.14. The van der Waals surface area contributed by atoms with Gasteiger partial charge in [0.15, 0.2) is 0 Å². The van der Waals surface area contributed by atoms with Crippen molar-refractivity contribution in [2.24, 2.45) is 4.99 Å². The fraction of sp³-hybridized carbons (Fsp3) is 0.667. The van der Waals surface area contributed by atoms with Gasteiger partial charge in [0.25, 0.3) is 0 Å². The molecule has 0 N–H and O–H groups in total. The van der Waals surface area contributed by atoms with Crippen molar-refractivity contribution in [3.8, 4) is 0 Å². The van der Waals surface area contributed by atoms with Gasteiger partial charge < -0.3 is 0 Å². The molecule has 0 saturated carbocycles. The first-order valence-electron chi connectivity index (χ1n) is 1.65. The van der Waals surface area contributed by atoms with E-state index in [0.29, 0.717) is 0 Å². The number of hydrogen-bond acceptors (Lipinski definition) is 2. The molecule has 0 aromatic rings. The maximum absolute atomic E-state index is 5.53. The van der Waals surface area contributed by atoms with Crippen LogP contribution in [0.5, 0.6) is 0 Å². The van der Waals surface area contributed by atoms with Crippen LogP contribution in [0.4, 0.5) is 0 Å². The van der Waals surface area contributed by atoms with E-state index in [1.807, 2.05) is 0 Å². The molecule has 0 spiro atoms. The quantitative estimate of drug-likeness (QED) is 0.441. The van der Waals surface area contributed by atoms with E-state index in [1.165, 1.54) is 0 Å². The van der Waals surface area contributed by atoms with Gasteiger partial charge in [0.1, 0.15) is 4.71 Å². The molecule has 1 aliphatic heterocycles. The second-order valence-corrected chi connectivity index (χ2v) is 2.81. The Hall–Kier alpha value is 0.310. The van der Waals surface area contributed by atoms with Gasteiger partial charge in [0.05, 0.1) is 5.88 Å². The highest BCUT2D eigenvalue weighted by Crippen LogP contribution is 2.17. The number of nitrogens with zero attached hydrogens (tertiary/aromatic N) is 1. The molecule has 0 saturated heterocycles. The summed E-state index contributed by atoms with van der Waals surface area (Å²) in [6.07, 6.45) is 1.76. The van der Waals surface area contributed by atoms with Crippen LogP contribution in [0.15, 0.2) is 4.99 Å². The van der Waals surface area contributed by atoms with E-state index in [1.54, 1.807) is 18.0 Å². The maximum Gasteiger partial charge on any atom is 0.115 e. The molecule has 34 valence electrons. The Kier molecular flexibility index (Phi) is 1.37. The minimum absolute atomic E-state index is 0.144. The van der Waals surface area contributed by atoms with E-state index in [0.717, 1.165) is 5.88 Å². The zero-order valence-electron chi connectivity index (χ0n) is 3.10. The largest absolute Gasteiger partial charge is 0.284 e. The second-order valence-electron chi connectivity index (χ2n) is 0.979. The molecule has 0 fully saturated rings. The lowest BCUT2D eigenvalue weighted by Gasteiger charge is -1.83. The smallest absolute Gasteiger partial charge is 0.115 e. The third kappa shape index (κ3) is 0.884. The predicted octanol–water partition coefficient (Wildman–Crippen LogP) is 1.33. The van der Waals surface area contributed by atoms with Gasteiger partial charge in [0.2, 0.25) is 0 Å². The summed E-state index contributed by atoms with van der Waals surface area (Å²) >= 11 is 7.17. The van der Waals surface area contributed by atoms with Crippen LogP contribution in [0.2, 0.25) is 0 Å². The molecule has 1 rings (SSSR count). The third-order valence-corrected chi connectivity index (χ3v) is 1.76. The van der Waals surface area contributed by atoms with Crippen molar-refractivity contribution in [3.63, 3.8) is 0 Å². The van der Waals surface area contributed by atoms with E-state index >= 15 is 0 Å². The van der Waals surface area contributed by atoms with Gasteiger partial charge in [-0.2, -0.15) is 0 Å². The van der Waals surface area contributed by atoms with Crippen molar-refractivity contribution >= 4 is 29.6 Å². The van der Waals surface area contributed by atoms with Gasteiger partial charge in [-0.15, -0.1) is 23.4 Å². The number of aliphatic imine (C=N–C) groups is 1. The first kappa shape index (κ1) is 4.47. The van der Waals surface area contributed by atoms with Crippen LogP contribution < -0.4 is 0 Å². The van der Waals surface area contributed by atoms with Crippen LogP contribution in [0.3, 0.4) is 0 Å². The van der Waals surface area contributed by atoms with Crippen LogP contribution >= 0.6 is 23.4 Å². The minimum atomic E-state index is 0.144. The summed E-state index contributed by atoms with van der Waals surface area (Å²) in [4.78, 5) is 3.87. The number of halogens is 1. The minimum Gasteiger partial charge on any atom is -0.284 e. The first-order chi connectivity index (χ1) is 2.89. The van der Waals surface area contributed by atoms with E-state index in [4.69, 9.17) is 11.6 Å². The predicted molar refractivity (Wildman–Crippen MR) is 30.6 cm³/mol. The lowest BCUT2D eigenvalue weighted by Crippen LogP contribution is -1.81. The molecule has 1 nitrogen and oxygen atoms in total. The zero-order valence-corrected chi connectivity index (χ0v) is 4.67. The molecule has 0 radical (unpaired) electrons. The van der Waals surface area contributed by atoms with Gasteiger partial charge in [-0.05, 0) is 0 Å². The van der Waals surface area contributed by atoms with Gasteiger partial charge >= 0.3 is 0 Å². The number of alkyl halides is 1. The highest BCUT2D eigenvalue weighted by atomic mass is 35.5. The van der Waals surface area contributed by atoms with E-state index in [9.17, 15) is 0 Å². The monoisotopic (exact) mass is 121 g/mol. The van der Waals surface area contributed by atoms with Crippen molar-refractivity contribution in [1.82, 2.24) is 0 Å². The summed E-state index contributed by atoms with van der Waals surface area (Å²) < 4.78 is 0.144. The average molecular weight is 122 g/mol. The summed E-state index contributed by atoms with van der Waals surface area (Å²) in [5.74, 6) is 0.841. The van der Waals surface area contributed by atoms with Gasteiger partial charge in [-0.1, -0.05) is 0 Å². The molecule has 0 aromatic carbocycles. The summed E-state index contributed by atoms with van der Waals surface area (Å²) in [5, 5.41) is 0. The van der Waals surface area contributed by atoms with Crippen molar-refractivity contribution in [1.29, 1.82) is 0 Å². The summed E-state index contributed by atoms with van der Waals surface area (Å²) in [7, 11) is 0. The molecular weight excluding hydrogens is 118 g/mol. The molecule has 6 heavy (non-hydrogen) atoms. The van der Waals surface area contributed by atoms with E-state index in [2.05, 4.69) is 4.99 Å². The van der Waals surface area contributed by atoms with E-state index in [-0.39, 0.29) is 4.71 Å². The Morgan fingerprint density at radius 2 is 2.83 bits per heavy atom. The molecule has 0 aliphatic carbocycles. The molecular formula is C3H4ClNS. The molecule has 0 bridgehead atoms. The Balaban J connectivity index is 2.38. The molecule has 1 heterocycles. The second kappa shape index (κ2) is 1.85. The Morgan fingerprint density at radius 3 is 3.00 bits per heavy atom. The lowest BCUT2D eigenvalue weighted by atomic mass is 10.9. The number of hydrogen-bond donors (Lipinski definition) is 0. The highest BCUT2D eigenvalue weighted by Gasteiger charge is 2.03. The van der Waals surface area contributed by atoms with Crippen molar-refractivity contribution in [2.45, 2.75) is 4.71 Å². The van der Waals surface area contributed by atoms with Crippen LogP contribution in [0.25, 0.3) is 0 Å². The average Bonchev–Trinajstić information content (AvgIpc) is 1.86. The molecule has 1 atom stereocenters. The molecule has 0 amide bonds. The van der Waals surface area contributed by atoms with Gasteiger partial charge in [-0.25, -0.2) is 0 Å². The maximum atomic E-state index is 5.53. The molecule has 3 heteroatoms. The highest BCUT2D eigenvalue weighted by molar-refractivity contribution is 8.02. The van der Waals surface area contributed by atoms with Gasteiger partial charge in [-0.3, -0.25) is 4.99 Å². The van der Waals surface area contributed by atoms with Crippen LogP contribution in [-0.4, -0.2) is 16.8 Å². The van der Waals surface area contributed by atoms with Crippen LogP contribution in [0.1, 0.15) is 0 Å². The SMILES string of the molecule is ClC1C=NCS1. The Labute approximate surface area is 45.8 Å². The topological polar surface area (TPSA) is 12.4 Å². The third-order valence-electron chi connectivity index (χ3n) is 0.531. The summed E-state index contributed by atoms with van der Waals surface area (Å²) in [5.41, 5.74) is 0. The number of thioether (sulfide) groups is 1. The standard InChI is InChI=1S/C3H4ClNS/c4-3-1-5-2-6-3/h1,3H,2H2. The van der Waals surface area contributed by atoms with Crippen molar-refractivity contribution in [2.75, 3.05) is 5.88 Å². The molecule has 0 aromatic heterocycles.